The Morgan fingerprint density at radius 3 is 2.10 bits per heavy atom. The Bertz CT molecular complexity index is 2090. The summed E-state index contributed by atoms with van der Waals surface area (Å²) in [7, 11) is 1.64. The number of aromatic nitrogens is 1. The first-order valence-corrected chi connectivity index (χ1v) is 18.4. The molecule has 0 unspecified atom stereocenters. The van der Waals surface area contributed by atoms with Crippen molar-refractivity contribution in [2.45, 2.75) is 22.7 Å². The number of rotatable bonds is 13. The number of ether oxygens (including phenoxy) is 1. The van der Waals surface area contributed by atoms with Crippen molar-refractivity contribution in [3.05, 3.63) is 113 Å². The number of carbonyl (C=O) groups is 2. The lowest BCUT2D eigenvalue weighted by Gasteiger charge is -2.11. The van der Waals surface area contributed by atoms with Gasteiger partial charge < -0.3 is 15.0 Å². The van der Waals surface area contributed by atoms with Gasteiger partial charge in [-0.15, -0.1) is 0 Å². The molecule has 0 spiro atoms. The minimum atomic E-state index is -3.83. The molecule has 13 heteroatoms. The standard InChI is InChI=1S/C36H37IN6O5S/c1-24-32(33-21-30(48-4)15-18-34(33)43(24)36(45)26-7-5-25(23-37)6-8-26)22-35(44)38-19-20-39-49(46,47)31-16-11-28(12-17-31)41-40-27-9-13-29(14-10-27)42(2)3/h5-18,21,39H,19-20,22-23H2,1-4H3,(H,38,44). The van der Waals surface area contributed by atoms with Crippen LogP contribution in [0.5, 0.6) is 5.75 Å². The summed E-state index contributed by atoms with van der Waals surface area (Å²) in [5, 5.41) is 11.9. The van der Waals surface area contributed by atoms with Crippen LogP contribution in [-0.2, 0) is 25.7 Å². The fraction of sp³-hybridized carbons (Fsp3) is 0.222. The van der Waals surface area contributed by atoms with Crippen molar-refractivity contribution >= 4 is 72.4 Å². The van der Waals surface area contributed by atoms with E-state index >= 15 is 0 Å². The monoisotopic (exact) mass is 792 g/mol. The molecule has 0 saturated carbocycles. The molecular weight excluding hydrogens is 755 g/mol. The van der Waals surface area contributed by atoms with Crippen molar-refractivity contribution in [3.8, 4) is 5.75 Å². The van der Waals surface area contributed by atoms with Crippen LogP contribution in [0.15, 0.2) is 106 Å². The van der Waals surface area contributed by atoms with Crippen LogP contribution in [0.25, 0.3) is 10.9 Å². The highest BCUT2D eigenvalue weighted by molar-refractivity contribution is 14.1. The molecule has 0 saturated heterocycles. The molecule has 5 rings (SSSR count). The molecule has 0 aliphatic heterocycles. The van der Waals surface area contributed by atoms with E-state index in [-0.39, 0.29) is 36.2 Å². The minimum Gasteiger partial charge on any atom is -0.497 e. The maximum atomic E-state index is 13.6. The highest BCUT2D eigenvalue weighted by atomic mass is 127. The van der Waals surface area contributed by atoms with E-state index in [1.165, 1.54) is 12.1 Å². The van der Waals surface area contributed by atoms with Gasteiger partial charge in [-0.1, -0.05) is 34.7 Å². The summed E-state index contributed by atoms with van der Waals surface area (Å²) in [4.78, 5) is 28.8. The van der Waals surface area contributed by atoms with Crippen molar-refractivity contribution in [2.75, 3.05) is 39.2 Å². The molecule has 1 amide bonds. The second-order valence-electron chi connectivity index (χ2n) is 11.4. The van der Waals surface area contributed by atoms with E-state index in [2.05, 4.69) is 42.9 Å². The number of azo groups is 1. The number of alkyl halides is 1. The van der Waals surface area contributed by atoms with Crippen LogP contribution >= 0.6 is 22.6 Å². The summed E-state index contributed by atoms with van der Waals surface area (Å²) < 4.78 is 36.2. The van der Waals surface area contributed by atoms with E-state index in [0.29, 0.717) is 39.5 Å². The van der Waals surface area contributed by atoms with E-state index in [9.17, 15) is 18.0 Å². The zero-order valence-electron chi connectivity index (χ0n) is 27.6. The number of amides is 1. The number of halogens is 1. The summed E-state index contributed by atoms with van der Waals surface area (Å²) in [6.07, 6.45) is -0.00782. The first kappa shape index (κ1) is 35.7. The molecule has 1 heterocycles. The predicted octanol–water partition coefficient (Wildman–Crippen LogP) is 6.70. The molecule has 0 bridgehead atoms. The van der Waals surface area contributed by atoms with Gasteiger partial charge in [0, 0.05) is 53.9 Å². The van der Waals surface area contributed by atoms with Gasteiger partial charge in [-0.05, 0) is 96.9 Å². The number of carbonyl (C=O) groups excluding carboxylic acids is 2. The van der Waals surface area contributed by atoms with E-state index in [4.69, 9.17) is 4.74 Å². The summed E-state index contributed by atoms with van der Waals surface area (Å²) in [6.45, 7) is 1.87. The molecule has 2 N–H and O–H groups in total. The van der Waals surface area contributed by atoms with Crippen LogP contribution in [0.2, 0.25) is 0 Å². The van der Waals surface area contributed by atoms with E-state index in [1.807, 2.05) is 86.6 Å². The average molecular weight is 793 g/mol. The van der Waals surface area contributed by atoms with Crippen molar-refractivity contribution in [1.82, 2.24) is 14.6 Å². The maximum Gasteiger partial charge on any atom is 0.262 e. The molecule has 254 valence electrons. The zero-order valence-corrected chi connectivity index (χ0v) is 30.6. The van der Waals surface area contributed by atoms with Gasteiger partial charge in [0.05, 0.1) is 35.3 Å². The van der Waals surface area contributed by atoms with Gasteiger partial charge >= 0.3 is 0 Å². The highest BCUT2D eigenvalue weighted by Crippen LogP contribution is 2.31. The quantitative estimate of drug-likeness (QED) is 0.0590. The summed E-state index contributed by atoms with van der Waals surface area (Å²) >= 11 is 2.28. The van der Waals surface area contributed by atoms with Crippen molar-refractivity contribution in [2.24, 2.45) is 10.2 Å². The molecular formula is C36H37IN6O5S. The van der Waals surface area contributed by atoms with Gasteiger partial charge in [-0.25, -0.2) is 13.1 Å². The van der Waals surface area contributed by atoms with Crippen LogP contribution in [0.3, 0.4) is 0 Å². The third kappa shape index (κ3) is 8.53. The summed E-state index contributed by atoms with van der Waals surface area (Å²) in [6, 6.07) is 26.5. The molecule has 1 aromatic heterocycles. The van der Waals surface area contributed by atoms with Gasteiger partial charge in [-0.2, -0.15) is 10.2 Å². The topological polar surface area (TPSA) is 134 Å². The van der Waals surface area contributed by atoms with E-state index < -0.39 is 10.0 Å². The second-order valence-corrected chi connectivity index (χ2v) is 14.0. The average Bonchev–Trinajstić information content (AvgIpc) is 3.38. The van der Waals surface area contributed by atoms with Crippen LogP contribution < -0.4 is 19.7 Å². The van der Waals surface area contributed by atoms with Crippen LogP contribution in [0.1, 0.15) is 27.2 Å². The molecule has 0 aliphatic carbocycles. The van der Waals surface area contributed by atoms with Gasteiger partial charge in [0.2, 0.25) is 15.9 Å². The zero-order chi connectivity index (χ0) is 35.1. The Hall–Kier alpha value is -4.60. The molecule has 0 radical (unpaired) electrons. The summed E-state index contributed by atoms with van der Waals surface area (Å²) in [5.41, 5.74) is 5.89. The Morgan fingerprint density at radius 2 is 1.51 bits per heavy atom. The molecule has 0 aliphatic rings. The van der Waals surface area contributed by atoms with Gasteiger partial charge in [0.15, 0.2) is 0 Å². The van der Waals surface area contributed by atoms with Gasteiger partial charge in [-0.3, -0.25) is 14.2 Å². The maximum absolute atomic E-state index is 13.6. The molecule has 4 aromatic carbocycles. The Morgan fingerprint density at radius 1 is 0.878 bits per heavy atom. The molecule has 11 nitrogen and oxygen atoms in total. The first-order chi connectivity index (χ1) is 23.5. The van der Waals surface area contributed by atoms with Crippen molar-refractivity contribution in [1.29, 1.82) is 0 Å². The third-order valence-electron chi connectivity index (χ3n) is 7.97. The van der Waals surface area contributed by atoms with Crippen LogP contribution in [0, 0.1) is 6.92 Å². The van der Waals surface area contributed by atoms with Gasteiger partial charge in [0.1, 0.15) is 5.75 Å². The largest absolute Gasteiger partial charge is 0.497 e. The van der Waals surface area contributed by atoms with Crippen LogP contribution in [0.4, 0.5) is 17.1 Å². The minimum absolute atomic E-state index is 0.00782. The Balaban J connectivity index is 1.20. The second kappa shape index (κ2) is 15.7. The smallest absolute Gasteiger partial charge is 0.262 e. The fourth-order valence-corrected chi connectivity index (χ4v) is 6.80. The fourth-order valence-electron chi connectivity index (χ4n) is 5.26. The third-order valence-corrected chi connectivity index (χ3v) is 10.3. The van der Waals surface area contributed by atoms with E-state index in [0.717, 1.165) is 21.1 Å². The molecule has 5 aromatic rings. The SMILES string of the molecule is COc1ccc2c(c1)c(CC(=O)NCCNS(=O)(=O)c1ccc(N=Nc3ccc(N(C)C)cc3)cc1)c(C)n2C(=O)c1ccc(CI)cc1. The number of benzene rings is 4. The number of anilines is 1. The number of hydrogen-bond donors (Lipinski definition) is 2. The van der Waals surface area contributed by atoms with Crippen molar-refractivity contribution < 1.29 is 22.7 Å². The lowest BCUT2D eigenvalue weighted by Crippen LogP contribution is -2.35. The summed E-state index contributed by atoms with van der Waals surface area (Å²) in [5.74, 6) is 0.0967. The number of nitrogens with one attached hydrogen (secondary N) is 2. The number of nitrogens with zero attached hydrogens (tertiary/aromatic N) is 4. The number of sulfonamides is 1. The number of fused-ring (bicyclic) bond motifs is 1. The molecule has 0 atom stereocenters. The van der Waals surface area contributed by atoms with Crippen molar-refractivity contribution in [3.63, 3.8) is 0 Å². The molecule has 49 heavy (non-hydrogen) atoms. The number of hydrogen-bond acceptors (Lipinski definition) is 8. The lowest BCUT2D eigenvalue weighted by molar-refractivity contribution is -0.120. The Labute approximate surface area is 299 Å². The first-order valence-electron chi connectivity index (χ1n) is 15.4. The Kier molecular flexibility index (Phi) is 11.5. The predicted molar refractivity (Wildman–Crippen MR) is 200 cm³/mol. The number of methoxy groups -OCH3 is 1. The highest BCUT2D eigenvalue weighted by Gasteiger charge is 2.22. The normalized spacial score (nSPS) is 11.6. The molecule has 0 fully saturated rings. The van der Waals surface area contributed by atoms with Crippen LogP contribution in [-0.4, -0.2) is 59.1 Å². The van der Waals surface area contributed by atoms with Gasteiger partial charge in [0.25, 0.3) is 5.91 Å². The lowest BCUT2D eigenvalue weighted by atomic mass is 10.1. The van der Waals surface area contributed by atoms with E-state index in [1.54, 1.807) is 29.9 Å².